The number of nitrogens with zero attached hydrogens (tertiary/aromatic N) is 4. The molecule has 17 heavy (non-hydrogen) atoms. The number of rotatable bonds is 3. The van der Waals surface area contributed by atoms with Gasteiger partial charge in [-0.1, -0.05) is 0 Å². The molecule has 0 radical (unpaired) electrons. The number of hydrogen-bond donors (Lipinski definition) is 1. The van der Waals surface area contributed by atoms with Crippen LogP contribution in [-0.4, -0.2) is 33.1 Å². The van der Waals surface area contributed by atoms with E-state index in [9.17, 15) is 4.79 Å². The number of aromatic nitrogens is 4. The molecule has 2 aromatic rings. The second-order valence-corrected chi connectivity index (χ2v) is 3.33. The fraction of sp³-hybridized carbons (Fsp3) is 0.333. The Kier molecular flexibility index (Phi) is 2.77. The number of carbonyl (C=O) groups excluding carboxylic acids is 1. The van der Waals surface area contributed by atoms with Gasteiger partial charge < -0.3 is 14.9 Å². The Hall–Kier alpha value is -2.38. The molecule has 0 spiro atoms. The summed E-state index contributed by atoms with van der Waals surface area (Å²) in [5.74, 6) is -0.0490. The lowest BCUT2D eigenvalue weighted by Gasteiger charge is -1.96. The van der Waals surface area contributed by atoms with Gasteiger partial charge in [-0.2, -0.15) is 5.10 Å². The lowest BCUT2D eigenvalue weighted by molar-refractivity contribution is -0.140. The number of aryl methyl sites for hydroxylation is 1. The van der Waals surface area contributed by atoms with Crippen LogP contribution in [0.5, 0.6) is 0 Å². The van der Waals surface area contributed by atoms with E-state index in [0.29, 0.717) is 11.4 Å². The minimum absolute atomic E-state index is 0.0682. The normalized spacial score (nSPS) is 10.5. The van der Waals surface area contributed by atoms with E-state index in [1.165, 1.54) is 18.0 Å². The second-order valence-electron chi connectivity index (χ2n) is 3.33. The van der Waals surface area contributed by atoms with Gasteiger partial charge in [-0.15, -0.1) is 10.2 Å². The molecule has 2 heterocycles. The number of esters is 1. The van der Waals surface area contributed by atoms with Gasteiger partial charge in [-0.05, 0) is 0 Å². The van der Waals surface area contributed by atoms with Crippen LogP contribution in [0.25, 0.3) is 11.6 Å². The van der Waals surface area contributed by atoms with E-state index >= 15 is 0 Å². The average molecular weight is 237 g/mol. The monoisotopic (exact) mass is 237 g/mol. The van der Waals surface area contributed by atoms with Crippen LogP contribution in [-0.2, 0) is 23.0 Å². The Balaban J connectivity index is 2.27. The zero-order valence-electron chi connectivity index (χ0n) is 9.38. The van der Waals surface area contributed by atoms with E-state index < -0.39 is 5.97 Å². The van der Waals surface area contributed by atoms with Crippen molar-refractivity contribution >= 4 is 11.7 Å². The van der Waals surface area contributed by atoms with Crippen molar-refractivity contribution in [3.8, 4) is 11.6 Å². The summed E-state index contributed by atoms with van der Waals surface area (Å²) >= 11 is 0. The highest BCUT2D eigenvalue weighted by Crippen LogP contribution is 2.23. The van der Waals surface area contributed by atoms with Gasteiger partial charge in [0.05, 0.1) is 19.0 Å². The number of carbonyl (C=O) groups is 1. The number of methoxy groups -OCH3 is 1. The molecule has 0 aliphatic carbocycles. The predicted octanol–water partition coefficient (Wildman–Crippen LogP) is -0.232. The molecule has 0 bridgehead atoms. The molecule has 0 fully saturated rings. The molecule has 2 aromatic heterocycles. The van der Waals surface area contributed by atoms with Gasteiger partial charge in [0.15, 0.2) is 0 Å². The second kappa shape index (κ2) is 4.24. The quantitative estimate of drug-likeness (QED) is 0.734. The molecular formula is C9H11N5O3. The van der Waals surface area contributed by atoms with Gasteiger partial charge in [-0.3, -0.25) is 9.48 Å². The highest BCUT2D eigenvalue weighted by molar-refractivity contribution is 5.71. The third-order valence-corrected chi connectivity index (χ3v) is 2.16. The standard InChI is InChI=1S/C9H11N5O3/c1-14-8(5(10)4-11-14)9-13-12-6(17-9)3-7(15)16-2/h4H,3,10H2,1-2H3. The molecule has 0 aliphatic rings. The number of anilines is 1. The summed E-state index contributed by atoms with van der Waals surface area (Å²) in [7, 11) is 2.99. The molecule has 0 aromatic carbocycles. The van der Waals surface area contributed by atoms with Gasteiger partial charge in [0.2, 0.25) is 5.89 Å². The molecule has 2 N–H and O–H groups in total. The van der Waals surface area contributed by atoms with Crippen LogP contribution in [0.3, 0.4) is 0 Å². The fourth-order valence-corrected chi connectivity index (χ4v) is 1.33. The number of nitrogen functional groups attached to an aromatic ring is 1. The lowest BCUT2D eigenvalue weighted by Crippen LogP contribution is -2.04. The Morgan fingerprint density at radius 3 is 2.94 bits per heavy atom. The molecule has 2 rings (SSSR count). The van der Waals surface area contributed by atoms with E-state index in [-0.39, 0.29) is 18.2 Å². The predicted molar refractivity (Wildman–Crippen MR) is 56.6 cm³/mol. The zero-order chi connectivity index (χ0) is 12.4. The van der Waals surface area contributed by atoms with Crippen molar-refractivity contribution in [1.82, 2.24) is 20.0 Å². The maximum Gasteiger partial charge on any atom is 0.315 e. The molecule has 0 saturated heterocycles. The van der Waals surface area contributed by atoms with Crippen molar-refractivity contribution in [2.75, 3.05) is 12.8 Å². The van der Waals surface area contributed by atoms with E-state index in [0.717, 1.165) is 0 Å². The molecule has 8 nitrogen and oxygen atoms in total. The SMILES string of the molecule is COC(=O)Cc1nnc(-c2c(N)cnn2C)o1. The van der Waals surface area contributed by atoms with Gasteiger partial charge in [0.25, 0.3) is 5.89 Å². The van der Waals surface area contributed by atoms with Gasteiger partial charge in [-0.25, -0.2) is 0 Å². The van der Waals surface area contributed by atoms with Gasteiger partial charge in [0, 0.05) is 7.05 Å². The highest BCUT2D eigenvalue weighted by atomic mass is 16.5. The summed E-state index contributed by atoms with van der Waals surface area (Å²) in [5, 5.41) is 11.5. The maximum absolute atomic E-state index is 11.0. The van der Waals surface area contributed by atoms with Crippen LogP contribution >= 0.6 is 0 Å². The number of hydrogen-bond acceptors (Lipinski definition) is 7. The first-order chi connectivity index (χ1) is 8.11. The maximum atomic E-state index is 11.0. The van der Waals surface area contributed by atoms with Crippen LogP contribution in [0.1, 0.15) is 5.89 Å². The first-order valence-electron chi connectivity index (χ1n) is 4.79. The topological polar surface area (TPSA) is 109 Å². The molecule has 0 aliphatic heterocycles. The summed E-state index contributed by atoms with van der Waals surface area (Å²) in [6.07, 6.45) is 1.42. The molecular weight excluding hydrogens is 226 g/mol. The summed E-state index contributed by atoms with van der Waals surface area (Å²) in [5.41, 5.74) is 6.66. The fourth-order valence-electron chi connectivity index (χ4n) is 1.33. The average Bonchev–Trinajstić information content (AvgIpc) is 2.86. The van der Waals surface area contributed by atoms with E-state index in [1.54, 1.807) is 7.05 Å². The smallest absolute Gasteiger partial charge is 0.315 e. The van der Waals surface area contributed by atoms with Gasteiger partial charge >= 0.3 is 5.97 Å². The lowest BCUT2D eigenvalue weighted by atomic mass is 10.4. The Morgan fingerprint density at radius 1 is 1.59 bits per heavy atom. The van der Waals surface area contributed by atoms with Crippen LogP contribution in [0.4, 0.5) is 5.69 Å². The summed E-state index contributed by atoms with van der Waals surface area (Å²) in [6.45, 7) is 0. The van der Waals surface area contributed by atoms with Crippen molar-refractivity contribution in [2.45, 2.75) is 6.42 Å². The zero-order valence-corrected chi connectivity index (χ0v) is 9.38. The van der Waals surface area contributed by atoms with E-state index in [1.807, 2.05) is 0 Å². The van der Waals surface area contributed by atoms with Crippen molar-refractivity contribution in [1.29, 1.82) is 0 Å². The number of ether oxygens (including phenoxy) is 1. The van der Waals surface area contributed by atoms with Crippen molar-refractivity contribution in [2.24, 2.45) is 7.05 Å². The van der Waals surface area contributed by atoms with Crippen LogP contribution in [0.2, 0.25) is 0 Å². The molecule has 0 amide bonds. The van der Waals surface area contributed by atoms with E-state index in [2.05, 4.69) is 20.0 Å². The first-order valence-corrected chi connectivity index (χ1v) is 4.79. The molecule has 0 atom stereocenters. The summed E-state index contributed by atoms with van der Waals surface area (Å²) in [6, 6.07) is 0. The minimum Gasteiger partial charge on any atom is -0.469 e. The van der Waals surface area contributed by atoms with Gasteiger partial charge in [0.1, 0.15) is 12.1 Å². The largest absolute Gasteiger partial charge is 0.469 e. The molecule has 0 unspecified atom stereocenters. The third kappa shape index (κ3) is 2.10. The summed E-state index contributed by atoms with van der Waals surface area (Å²) < 4.78 is 11.3. The van der Waals surface area contributed by atoms with Crippen molar-refractivity contribution in [3.05, 3.63) is 12.1 Å². The third-order valence-electron chi connectivity index (χ3n) is 2.16. The van der Waals surface area contributed by atoms with E-state index in [4.69, 9.17) is 10.2 Å². The van der Waals surface area contributed by atoms with Crippen LogP contribution < -0.4 is 5.73 Å². The minimum atomic E-state index is -0.446. The van der Waals surface area contributed by atoms with Crippen molar-refractivity contribution in [3.63, 3.8) is 0 Å². The number of nitrogens with two attached hydrogens (primary N) is 1. The molecule has 90 valence electrons. The Bertz CT molecular complexity index is 525. The van der Waals surface area contributed by atoms with Crippen molar-refractivity contribution < 1.29 is 13.9 Å². The molecule has 0 saturated carbocycles. The summed E-state index contributed by atoms with van der Waals surface area (Å²) in [4.78, 5) is 11.0. The Morgan fingerprint density at radius 2 is 2.35 bits per heavy atom. The van der Waals surface area contributed by atoms with Crippen LogP contribution in [0.15, 0.2) is 10.6 Å². The highest BCUT2D eigenvalue weighted by Gasteiger charge is 2.17. The molecule has 8 heteroatoms. The first kappa shape index (κ1) is 11.1. The Labute approximate surface area is 96.4 Å². The van der Waals surface area contributed by atoms with Crippen LogP contribution in [0, 0.1) is 0 Å².